The first kappa shape index (κ1) is 19.8. The summed E-state index contributed by atoms with van der Waals surface area (Å²) in [4.78, 5) is 41.8. The van der Waals surface area contributed by atoms with Crippen LogP contribution in [0.2, 0.25) is 0 Å². The molecule has 0 spiro atoms. The summed E-state index contributed by atoms with van der Waals surface area (Å²) in [5.74, 6) is 0.659. The number of nitrogens with zero attached hydrogens (tertiary/aromatic N) is 2. The second-order valence-corrected chi connectivity index (χ2v) is 7.74. The lowest BCUT2D eigenvalue weighted by molar-refractivity contribution is -0.122. The van der Waals surface area contributed by atoms with E-state index < -0.39 is 18.0 Å². The van der Waals surface area contributed by atoms with Crippen LogP contribution in [0.15, 0.2) is 84.9 Å². The van der Waals surface area contributed by atoms with Crippen molar-refractivity contribution in [1.29, 1.82) is 0 Å². The van der Waals surface area contributed by atoms with E-state index in [9.17, 15) is 14.4 Å². The van der Waals surface area contributed by atoms with Crippen LogP contribution < -0.4 is 15.0 Å². The first-order valence-electron chi connectivity index (χ1n) is 10.5. The van der Waals surface area contributed by atoms with Crippen molar-refractivity contribution in [2.75, 3.05) is 11.4 Å². The lowest BCUT2D eigenvalue weighted by Gasteiger charge is -2.36. The van der Waals surface area contributed by atoms with Gasteiger partial charge in [-0.05, 0) is 55.0 Å². The van der Waals surface area contributed by atoms with E-state index >= 15 is 0 Å². The molecule has 0 saturated carbocycles. The fraction of sp³-hybridized carbons (Fsp3) is 0.160. The maximum atomic E-state index is 13.4. The van der Waals surface area contributed by atoms with E-state index in [4.69, 9.17) is 4.74 Å². The monoisotopic (exact) mass is 427 g/mol. The van der Waals surface area contributed by atoms with Gasteiger partial charge in [0.2, 0.25) is 0 Å². The van der Waals surface area contributed by atoms with Crippen molar-refractivity contribution in [2.45, 2.75) is 18.5 Å². The van der Waals surface area contributed by atoms with Gasteiger partial charge in [0.15, 0.2) is 0 Å². The quantitative estimate of drug-likeness (QED) is 0.687. The number of anilines is 1. The van der Waals surface area contributed by atoms with Crippen LogP contribution in [0.25, 0.3) is 0 Å². The van der Waals surface area contributed by atoms with Gasteiger partial charge in [0, 0.05) is 12.1 Å². The lowest BCUT2D eigenvalue weighted by atomic mass is 10.0. The highest BCUT2D eigenvalue weighted by molar-refractivity contribution is 6.19. The number of benzene rings is 3. The molecular weight excluding hydrogens is 406 g/mol. The molecule has 1 N–H and O–H groups in total. The van der Waals surface area contributed by atoms with Crippen molar-refractivity contribution in [2.24, 2.45) is 0 Å². The average molecular weight is 427 g/mol. The van der Waals surface area contributed by atoms with Crippen LogP contribution in [-0.4, -0.2) is 41.4 Å². The number of urea groups is 1. The standard InChI is InChI=1S/C25H21N3O4/c29-23(17-7-3-1-4-8-17)27-16-15-21-22(27)24(30)28(25(31)26-21)18-11-13-20(14-12-18)32-19-9-5-2-6-10-19/h1-14,21-22H,15-16H2,(H,26,31). The molecule has 2 saturated heterocycles. The summed E-state index contributed by atoms with van der Waals surface area (Å²) in [5.41, 5.74) is 0.942. The minimum atomic E-state index is -0.736. The largest absolute Gasteiger partial charge is 0.457 e. The van der Waals surface area contributed by atoms with E-state index in [1.165, 1.54) is 0 Å². The first-order valence-corrected chi connectivity index (χ1v) is 10.5. The smallest absolute Gasteiger partial charge is 0.329 e. The van der Waals surface area contributed by atoms with E-state index in [1.807, 2.05) is 36.4 Å². The third kappa shape index (κ3) is 3.58. The number of likely N-dealkylation sites (tertiary alicyclic amines) is 1. The summed E-state index contributed by atoms with van der Waals surface area (Å²) in [6.45, 7) is 0.409. The average Bonchev–Trinajstić information content (AvgIpc) is 3.25. The molecule has 32 heavy (non-hydrogen) atoms. The van der Waals surface area contributed by atoms with E-state index in [1.54, 1.807) is 53.4 Å². The molecule has 0 radical (unpaired) electrons. The van der Waals surface area contributed by atoms with E-state index in [0.717, 1.165) is 4.90 Å². The highest BCUT2D eigenvalue weighted by Crippen LogP contribution is 2.30. The molecule has 0 aromatic heterocycles. The first-order chi connectivity index (χ1) is 15.6. The van der Waals surface area contributed by atoms with Crippen LogP contribution >= 0.6 is 0 Å². The SMILES string of the molecule is O=C1NC2CCN(C(=O)c3ccccc3)C2C(=O)N1c1ccc(Oc2ccccc2)cc1. The third-order valence-electron chi connectivity index (χ3n) is 5.74. The van der Waals surface area contributed by atoms with Gasteiger partial charge in [-0.15, -0.1) is 0 Å². The summed E-state index contributed by atoms with van der Waals surface area (Å²) in [5, 5.41) is 2.89. The van der Waals surface area contributed by atoms with Crippen molar-refractivity contribution in [3.8, 4) is 11.5 Å². The van der Waals surface area contributed by atoms with Gasteiger partial charge in [-0.3, -0.25) is 9.59 Å². The highest BCUT2D eigenvalue weighted by Gasteiger charge is 2.50. The number of rotatable bonds is 4. The second-order valence-electron chi connectivity index (χ2n) is 7.74. The number of imide groups is 1. The van der Waals surface area contributed by atoms with Crippen LogP contribution in [0.5, 0.6) is 11.5 Å². The second kappa shape index (κ2) is 8.19. The number of fused-ring (bicyclic) bond motifs is 1. The zero-order valence-electron chi connectivity index (χ0n) is 17.2. The lowest BCUT2D eigenvalue weighted by Crippen LogP contribution is -2.65. The molecule has 2 unspecified atom stereocenters. The molecule has 3 aromatic rings. The van der Waals surface area contributed by atoms with Crippen LogP contribution in [0.1, 0.15) is 16.8 Å². The molecule has 160 valence electrons. The molecule has 2 fully saturated rings. The van der Waals surface area contributed by atoms with Crippen molar-refractivity contribution in [1.82, 2.24) is 10.2 Å². The molecule has 0 aliphatic carbocycles. The van der Waals surface area contributed by atoms with Gasteiger partial charge in [0.05, 0.1) is 11.7 Å². The summed E-state index contributed by atoms with van der Waals surface area (Å²) in [7, 11) is 0. The highest BCUT2D eigenvalue weighted by atomic mass is 16.5. The Kier molecular flexibility index (Phi) is 5.07. The van der Waals surface area contributed by atoms with Gasteiger partial charge in [-0.25, -0.2) is 9.69 Å². The molecule has 4 amide bonds. The van der Waals surface area contributed by atoms with Crippen LogP contribution in [0.4, 0.5) is 10.5 Å². The number of hydrogen-bond acceptors (Lipinski definition) is 4. The Morgan fingerprint density at radius 3 is 2.16 bits per heavy atom. The predicted octanol–water partition coefficient (Wildman–Crippen LogP) is 3.82. The normalized spacial score (nSPS) is 20.0. The summed E-state index contributed by atoms with van der Waals surface area (Å²) >= 11 is 0. The topological polar surface area (TPSA) is 79.0 Å². The maximum absolute atomic E-state index is 13.4. The van der Waals surface area contributed by atoms with Gasteiger partial charge in [-0.2, -0.15) is 0 Å². The van der Waals surface area contributed by atoms with Crippen LogP contribution in [0.3, 0.4) is 0 Å². The fourth-order valence-electron chi connectivity index (χ4n) is 4.21. The summed E-state index contributed by atoms with van der Waals surface area (Å²) in [6, 6.07) is 23.3. The third-order valence-corrected chi connectivity index (χ3v) is 5.74. The van der Waals surface area contributed by atoms with Gasteiger partial charge >= 0.3 is 6.03 Å². The molecule has 2 heterocycles. The Labute approximate surface area is 185 Å². The number of ether oxygens (including phenoxy) is 1. The molecule has 3 aromatic carbocycles. The number of hydrogen-bond donors (Lipinski definition) is 1. The predicted molar refractivity (Wildman–Crippen MR) is 119 cm³/mol. The van der Waals surface area contributed by atoms with E-state index in [0.29, 0.717) is 35.7 Å². The summed E-state index contributed by atoms with van der Waals surface area (Å²) in [6.07, 6.45) is 0.540. The number of nitrogens with one attached hydrogen (secondary N) is 1. The van der Waals surface area contributed by atoms with Crippen molar-refractivity contribution in [3.05, 3.63) is 90.5 Å². The molecule has 0 bridgehead atoms. The van der Waals surface area contributed by atoms with Gasteiger partial charge in [0.25, 0.3) is 11.8 Å². The van der Waals surface area contributed by atoms with Crippen molar-refractivity contribution >= 4 is 23.5 Å². The Morgan fingerprint density at radius 2 is 1.47 bits per heavy atom. The van der Waals surface area contributed by atoms with Crippen molar-refractivity contribution < 1.29 is 19.1 Å². The Morgan fingerprint density at radius 1 is 0.844 bits per heavy atom. The number of para-hydroxylation sites is 1. The molecule has 7 heteroatoms. The van der Waals surface area contributed by atoms with E-state index in [2.05, 4.69) is 5.32 Å². The molecule has 2 aliphatic heterocycles. The fourth-order valence-corrected chi connectivity index (χ4v) is 4.21. The maximum Gasteiger partial charge on any atom is 0.329 e. The number of carbonyl (C=O) groups excluding carboxylic acids is 3. The molecule has 7 nitrogen and oxygen atoms in total. The Balaban J connectivity index is 1.37. The number of carbonyl (C=O) groups is 3. The van der Waals surface area contributed by atoms with E-state index in [-0.39, 0.29) is 11.9 Å². The minimum absolute atomic E-state index is 0.214. The Bertz CT molecular complexity index is 1150. The van der Waals surface area contributed by atoms with Crippen LogP contribution in [0, 0.1) is 0 Å². The van der Waals surface area contributed by atoms with Crippen LogP contribution in [-0.2, 0) is 4.79 Å². The zero-order chi connectivity index (χ0) is 22.1. The van der Waals surface area contributed by atoms with Gasteiger partial charge in [-0.1, -0.05) is 36.4 Å². The zero-order valence-corrected chi connectivity index (χ0v) is 17.2. The molecule has 5 rings (SSSR count). The Hall–Kier alpha value is -4.13. The number of amides is 4. The summed E-state index contributed by atoms with van der Waals surface area (Å²) < 4.78 is 5.78. The van der Waals surface area contributed by atoms with Gasteiger partial charge < -0.3 is 15.0 Å². The van der Waals surface area contributed by atoms with Crippen molar-refractivity contribution in [3.63, 3.8) is 0 Å². The molecule has 2 aliphatic rings. The molecular formula is C25H21N3O4. The molecule has 2 atom stereocenters. The van der Waals surface area contributed by atoms with Gasteiger partial charge in [0.1, 0.15) is 17.5 Å². The minimum Gasteiger partial charge on any atom is -0.457 e.